The maximum atomic E-state index is 6.24. The van der Waals surface area contributed by atoms with E-state index in [0.29, 0.717) is 6.04 Å². The third kappa shape index (κ3) is 3.01. The van der Waals surface area contributed by atoms with Crippen LogP contribution in [0.3, 0.4) is 0 Å². The van der Waals surface area contributed by atoms with Gasteiger partial charge in [-0.15, -0.1) is 0 Å². The molecule has 3 nitrogen and oxygen atoms in total. The van der Waals surface area contributed by atoms with Crippen LogP contribution >= 0.6 is 0 Å². The van der Waals surface area contributed by atoms with Crippen molar-refractivity contribution >= 4 is 0 Å². The van der Waals surface area contributed by atoms with Crippen molar-refractivity contribution in [2.24, 2.45) is 11.7 Å². The molecule has 3 atom stereocenters. The van der Waals surface area contributed by atoms with E-state index in [-0.39, 0.29) is 5.54 Å². The second kappa shape index (κ2) is 6.07. The van der Waals surface area contributed by atoms with E-state index in [9.17, 15) is 0 Å². The van der Waals surface area contributed by atoms with Crippen LogP contribution in [0.15, 0.2) is 30.3 Å². The van der Waals surface area contributed by atoms with E-state index >= 15 is 0 Å². The number of benzene rings is 1. The van der Waals surface area contributed by atoms with Crippen molar-refractivity contribution in [3.63, 3.8) is 0 Å². The zero-order valence-electron chi connectivity index (χ0n) is 13.5. The fourth-order valence-electron chi connectivity index (χ4n) is 4.40. The number of nitrogens with two attached hydrogens (primary N) is 1. The highest BCUT2D eigenvalue weighted by molar-refractivity contribution is 5.15. The Morgan fingerprint density at radius 2 is 2.00 bits per heavy atom. The average Bonchev–Trinajstić information content (AvgIpc) is 3.04. The first-order chi connectivity index (χ1) is 10.1. The predicted octanol–water partition coefficient (Wildman–Crippen LogP) is 2.32. The number of likely N-dealkylation sites (tertiary alicyclic amines) is 2. The molecule has 3 rings (SSSR count). The molecule has 0 spiro atoms. The van der Waals surface area contributed by atoms with Gasteiger partial charge < -0.3 is 5.73 Å². The molecule has 0 bridgehead atoms. The minimum atomic E-state index is 0.207. The summed E-state index contributed by atoms with van der Waals surface area (Å²) in [6, 6.07) is 11.5. The zero-order chi connectivity index (χ0) is 14.9. The van der Waals surface area contributed by atoms with Gasteiger partial charge in [0.15, 0.2) is 0 Å². The van der Waals surface area contributed by atoms with Crippen LogP contribution in [0.25, 0.3) is 0 Å². The average molecular weight is 287 g/mol. The van der Waals surface area contributed by atoms with E-state index in [1.165, 1.54) is 31.5 Å². The Hall–Kier alpha value is -0.900. The van der Waals surface area contributed by atoms with Crippen molar-refractivity contribution in [3.8, 4) is 0 Å². The van der Waals surface area contributed by atoms with E-state index in [1.807, 2.05) is 0 Å². The Morgan fingerprint density at radius 3 is 2.62 bits per heavy atom. The molecular formula is C18H29N3. The van der Waals surface area contributed by atoms with Gasteiger partial charge in [-0.1, -0.05) is 37.3 Å². The molecule has 116 valence electrons. The third-order valence-corrected chi connectivity index (χ3v) is 5.43. The normalized spacial score (nSPS) is 34.6. The Bertz CT molecular complexity index is 461. The van der Waals surface area contributed by atoms with Gasteiger partial charge in [0.25, 0.3) is 0 Å². The molecular weight excluding hydrogens is 258 g/mol. The standard InChI is InChI=1S/C18H29N3/c1-15-10-16(2)21(11-15)18(13-19)8-9-20(14-18)12-17-6-4-3-5-7-17/h3-7,15-16H,8-14,19H2,1-2H3. The topological polar surface area (TPSA) is 32.5 Å². The first kappa shape index (κ1) is 15.0. The summed E-state index contributed by atoms with van der Waals surface area (Å²) in [4.78, 5) is 5.29. The van der Waals surface area contributed by atoms with Crippen LogP contribution in [-0.2, 0) is 6.54 Å². The van der Waals surface area contributed by atoms with Gasteiger partial charge in [0, 0.05) is 44.3 Å². The Kier molecular flexibility index (Phi) is 4.34. The highest BCUT2D eigenvalue weighted by atomic mass is 15.3. The van der Waals surface area contributed by atoms with Crippen LogP contribution in [0, 0.1) is 5.92 Å². The van der Waals surface area contributed by atoms with Gasteiger partial charge in [-0.2, -0.15) is 0 Å². The summed E-state index contributed by atoms with van der Waals surface area (Å²) in [5.74, 6) is 0.812. The number of hydrogen-bond acceptors (Lipinski definition) is 3. The molecule has 0 aliphatic carbocycles. The number of nitrogens with zero attached hydrogens (tertiary/aromatic N) is 2. The van der Waals surface area contributed by atoms with E-state index in [2.05, 4.69) is 54.0 Å². The number of rotatable bonds is 4. The molecule has 1 aromatic carbocycles. The molecule has 2 fully saturated rings. The second-order valence-corrected chi connectivity index (χ2v) is 7.22. The maximum Gasteiger partial charge on any atom is 0.0473 e. The van der Waals surface area contributed by atoms with Crippen molar-refractivity contribution in [1.29, 1.82) is 0 Å². The number of hydrogen-bond donors (Lipinski definition) is 1. The molecule has 0 radical (unpaired) electrons. The highest BCUT2D eigenvalue weighted by Gasteiger charge is 2.46. The smallest absolute Gasteiger partial charge is 0.0473 e. The lowest BCUT2D eigenvalue weighted by Gasteiger charge is -2.41. The van der Waals surface area contributed by atoms with Gasteiger partial charge in [-0.3, -0.25) is 9.80 Å². The monoisotopic (exact) mass is 287 g/mol. The van der Waals surface area contributed by atoms with Crippen LogP contribution in [0.4, 0.5) is 0 Å². The van der Waals surface area contributed by atoms with Gasteiger partial charge in [-0.05, 0) is 31.2 Å². The van der Waals surface area contributed by atoms with Crippen molar-refractivity contribution in [2.45, 2.75) is 44.8 Å². The van der Waals surface area contributed by atoms with Gasteiger partial charge in [0.05, 0.1) is 0 Å². The maximum absolute atomic E-state index is 6.24. The summed E-state index contributed by atoms with van der Waals surface area (Å²) < 4.78 is 0. The molecule has 2 N–H and O–H groups in total. The molecule has 2 aliphatic heterocycles. The lowest BCUT2D eigenvalue weighted by Crippen LogP contribution is -2.56. The van der Waals surface area contributed by atoms with Crippen LogP contribution in [-0.4, -0.2) is 47.6 Å². The summed E-state index contributed by atoms with van der Waals surface area (Å²) in [6.45, 7) is 10.1. The molecule has 3 unspecified atom stereocenters. The lowest BCUT2D eigenvalue weighted by molar-refractivity contribution is 0.0890. The summed E-state index contributed by atoms with van der Waals surface area (Å²) >= 11 is 0. The van der Waals surface area contributed by atoms with Crippen molar-refractivity contribution in [2.75, 3.05) is 26.2 Å². The molecule has 0 amide bonds. The molecule has 2 heterocycles. The first-order valence-electron chi connectivity index (χ1n) is 8.36. The molecule has 0 saturated carbocycles. The van der Waals surface area contributed by atoms with Crippen LogP contribution in [0.2, 0.25) is 0 Å². The van der Waals surface area contributed by atoms with Crippen LogP contribution < -0.4 is 5.73 Å². The van der Waals surface area contributed by atoms with Crippen molar-refractivity contribution in [1.82, 2.24) is 9.80 Å². The lowest BCUT2D eigenvalue weighted by atomic mass is 9.95. The Labute approximate surface area is 129 Å². The summed E-state index contributed by atoms with van der Waals surface area (Å²) in [5, 5.41) is 0. The van der Waals surface area contributed by atoms with Crippen molar-refractivity contribution < 1.29 is 0 Å². The molecule has 2 aliphatic rings. The molecule has 2 saturated heterocycles. The van der Waals surface area contributed by atoms with E-state index < -0.39 is 0 Å². The first-order valence-corrected chi connectivity index (χ1v) is 8.36. The summed E-state index contributed by atoms with van der Waals surface area (Å²) in [7, 11) is 0. The quantitative estimate of drug-likeness (QED) is 0.922. The Balaban J connectivity index is 1.68. The largest absolute Gasteiger partial charge is 0.329 e. The minimum absolute atomic E-state index is 0.207. The van der Waals surface area contributed by atoms with Crippen LogP contribution in [0.5, 0.6) is 0 Å². The molecule has 0 aromatic heterocycles. The van der Waals surface area contributed by atoms with Gasteiger partial charge in [0.2, 0.25) is 0 Å². The van der Waals surface area contributed by atoms with Crippen LogP contribution in [0.1, 0.15) is 32.3 Å². The predicted molar refractivity (Wildman–Crippen MR) is 88.1 cm³/mol. The fourth-order valence-corrected chi connectivity index (χ4v) is 4.40. The molecule has 21 heavy (non-hydrogen) atoms. The van der Waals surface area contributed by atoms with Gasteiger partial charge in [-0.25, -0.2) is 0 Å². The van der Waals surface area contributed by atoms with E-state index in [0.717, 1.165) is 25.6 Å². The van der Waals surface area contributed by atoms with Gasteiger partial charge >= 0.3 is 0 Å². The molecule has 3 heteroatoms. The third-order valence-electron chi connectivity index (χ3n) is 5.43. The second-order valence-electron chi connectivity index (χ2n) is 7.22. The van der Waals surface area contributed by atoms with Gasteiger partial charge in [0.1, 0.15) is 0 Å². The van der Waals surface area contributed by atoms with E-state index in [1.54, 1.807) is 0 Å². The SMILES string of the molecule is CC1CC(C)N(C2(CN)CCN(Cc3ccccc3)C2)C1. The Morgan fingerprint density at radius 1 is 1.24 bits per heavy atom. The summed E-state index contributed by atoms with van der Waals surface area (Å²) in [6.07, 6.45) is 2.54. The fraction of sp³-hybridized carbons (Fsp3) is 0.667. The van der Waals surface area contributed by atoms with Crippen molar-refractivity contribution in [3.05, 3.63) is 35.9 Å². The minimum Gasteiger partial charge on any atom is -0.329 e. The van der Waals surface area contributed by atoms with E-state index in [4.69, 9.17) is 5.73 Å². The molecule has 1 aromatic rings. The zero-order valence-corrected chi connectivity index (χ0v) is 13.5. The summed E-state index contributed by atoms with van der Waals surface area (Å²) in [5.41, 5.74) is 7.86. The highest BCUT2D eigenvalue weighted by Crippen LogP contribution is 2.36.